The summed E-state index contributed by atoms with van der Waals surface area (Å²) < 4.78 is 0. The van der Waals surface area contributed by atoms with Gasteiger partial charge in [0.05, 0.1) is 0 Å². The molecular formula is C16H24N2O2. The minimum absolute atomic E-state index is 0.313. The fourth-order valence-electron chi connectivity index (χ4n) is 3.04. The highest BCUT2D eigenvalue weighted by atomic mass is 16.4. The Hall–Kier alpha value is -1.58. The summed E-state index contributed by atoms with van der Waals surface area (Å²) in [5.74, 6) is 0.405. The Morgan fingerprint density at radius 2 is 2.05 bits per heavy atom. The van der Waals surface area contributed by atoms with Gasteiger partial charge in [0.2, 0.25) is 0 Å². The highest BCUT2D eigenvalue weighted by Gasteiger charge is 2.21. The average molecular weight is 276 g/mol. The minimum atomic E-state index is -0.903. The Labute approximate surface area is 120 Å². The molecule has 4 heteroatoms. The number of aromatic nitrogens is 1. The molecule has 1 aliphatic rings. The molecule has 1 aromatic rings. The molecule has 2 N–H and O–H groups in total. The molecule has 2 unspecified atom stereocenters. The molecule has 0 saturated heterocycles. The average Bonchev–Trinajstić information content (AvgIpc) is 2.53. The maximum absolute atomic E-state index is 11.4. The summed E-state index contributed by atoms with van der Waals surface area (Å²) in [7, 11) is 0. The number of aromatic carboxylic acids is 1. The molecule has 0 spiro atoms. The van der Waals surface area contributed by atoms with Crippen molar-refractivity contribution >= 4 is 11.8 Å². The van der Waals surface area contributed by atoms with Crippen LogP contribution in [0.1, 0.15) is 60.6 Å². The molecule has 1 fully saturated rings. The first-order valence-corrected chi connectivity index (χ1v) is 7.45. The summed E-state index contributed by atoms with van der Waals surface area (Å²) >= 11 is 0. The van der Waals surface area contributed by atoms with Crippen LogP contribution in [0.25, 0.3) is 0 Å². The Kier molecular flexibility index (Phi) is 4.63. The fraction of sp³-hybridized carbons (Fsp3) is 0.625. The van der Waals surface area contributed by atoms with Crippen molar-refractivity contribution in [1.82, 2.24) is 4.98 Å². The zero-order chi connectivity index (χ0) is 14.7. The van der Waals surface area contributed by atoms with E-state index in [9.17, 15) is 9.90 Å². The lowest BCUT2D eigenvalue weighted by Crippen LogP contribution is -2.22. The first kappa shape index (κ1) is 14.8. The minimum Gasteiger partial charge on any atom is -0.478 e. The van der Waals surface area contributed by atoms with Gasteiger partial charge in [0.1, 0.15) is 11.4 Å². The monoisotopic (exact) mass is 276 g/mol. The maximum atomic E-state index is 11.4. The maximum Gasteiger partial charge on any atom is 0.339 e. The molecule has 110 valence electrons. The summed E-state index contributed by atoms with van der Waals surface area (Å²) in [6.07, 6.45) is 5.86. The summed E-state index contributed by atoms with van der Waals surface area (Å²) in [5.41, 5.74) is 1.94. The second kappa shape index (κ2) is 6.25. The van der Waals surface area contributed by atoms with Crippen molar-refractivity contribution in [2.24, 2.45) is 5.92 Å². The van der Waals surface area contributed by atoms with E-state index in [0.29, 0.717) is 17.4 Å². The number of rotatable bonds is 3. The molecule has 0 aromatic carbocycles. The van der Waals surface area contributed by atoms with E-state index >= 15 is 0 Å². The molecule has 0 aliphatic heterocycles. The second-order valence-corrected chi connectivity index (χ2v) is 6.06. The zero-order valence-electron chi connectivity index (χ0n) is 12.6. The van der Waals surface area contributed by atoms with Crippen LogP contribution in [0.5, 0.6) is 0 Å². The summed E-state index contributed by atoms with van der Waals surface area (Å²) in [6.45, 7) is 6.03. The third-order valence-corrected chi connectivity index (χ3v) is 4.16. The van der Waals surface area contributed by atoms with Gasteiger partial charge in [0.15, 0.2) is 0 Å². The molecule has 2 atom stereocenters. The molecule has 20 heavy (non-hydrogen) atoms. The molecule has 1 saturated carbocycles. The van der Waals surface area contributed by atoms with Gasteiger partial charge in [-0.3, -0.25) is 0 Å². The van der Waals surface area contributed by atoms with Crippen molar-refractivity contribution < 1.29 is 9.90 Å². The van der Waals surface area contributed by atoms with E-state index < -0.39 is 5.97 Å². The van der Waals surface area contributed by atoms with Crippen molar-refractivity contribution in [3.8, 4) is 0 Å². The molecule has 0 radical (unpaired) electrons. The highest BCUT2D eigenvalue weighted by Crippen LogP contribution is 2.26. The van der Waals surface area contributed by atoms with Crippen LogP contribution in [-0.4, -0.2) is 22.1 Å². The third kappa shape index (κ3) is 3.50. The number of carboxylic acids is 1. The summed E-state index contributed by atoms with van der Waals surface area (Å²) in [5, 5.41) is 12.8. The topological polar surface area (TPSA) is 62.2 Å². The first-order chi connectivity index (χ1) is 9.47. The largest absolute Gasteiger partial charge is 0.478 e. The Bertz CT molecular complexity index is 499. The Balaban J connectivity index is 2.21. The number of pyridine rings is 1. The standard InChI is InChI=1S/C16H24N2O2/c1-10-5-4-6-13(8-7-10)18-15-14(16(19)20)11(2)9-12(3)17-15/h9-10,13H,4-8H2,1-3H3,(H,17,18)(H,19,20). The van der Waals surface area contributed by atoms with E-state index in [1.165, 1.54) is 19.3 Å². The second-order valence-electron chi connectivity index (χ2n) is 6.06. The van der Waals surface area contributed by atoms with Gasteiger partial charge >= 0.3 is 5.97 Å². The van der Waals surface area contributed by atoms with Crippen molar-refractivity contribution in [2.45, 2.75) is 58.9 Å². The third-order valence-electron chi connectivity index (χ3n) is 4.16. The normalized spacial score (nSPS) is 23.1. The van der Waals surface area contributed by atoms with Crippen LogP contribution in [0.3, 0.4) is 0 Å². The first-order valence-electron chi connectivity index (χ1n) is 7.45. The molecule has 0 bridgehead atoms. The number of aryl methyl sites for hydroxylation is 2. The summed E-state index contributed by atoms with van der Waals surface area (Å²) in [6, 6.07) is 2.16. The van der Waals surface area contributed by atoms with E-state index in [1.54, 1.807) is 0 Å². The van der Waals surface area contributed by atoms with Gasteiger partial charge in [0.25, 0.3) is 0 Å². The number of carbonyl (C=O) groups is 1. The molecule has 0 amide bonds. The van der Waals surface area contributed by atoms with Crippen LogP contribution in [0.4, 0.5) is 5.82 Å². The van der Waals surface area contributed by atoms with Crippen LogP contribution >= 0.6 is 0 Å². The number of nitrogens with zero attached hydrogens (tertiary/aromatic N) is 1. The van der Waals surface area contributed by atoms with Gasteiger partial charge in [-0.25, -0.2) is 9.78 Å². The molecule has 4 nitrogen and oxygen atoms in total. The number of carboxylic acid groups (broad SMARTS) is 1. The molecular weight excluding hydrogens is 252 g/mol. The SMILES string of the molecule is Cc1cc(C)c(C(=O)O)c(NC2CCCC(C)CC2)n1. The van der Waals surface area contributed by atoms with Crippen LogP contribution in [0.2, 0.25) is 0 Å². The molecule has 1 aliphatic carbocycles. The lowest BCUT2D eigenvalue weighted by molar-refractivity contribution is 0.0696. The van der Waals surface area contributed by atoms with Crippen molar-refractivity contribution in [3.05, 3.63) is 22.9 Å². The van der Waals surface area contributed by atoms with Gasteiger partial charge in [-0.2, -0.15) is 0 Å². The number of hydrogen-bond donors (Lipinski definition) is 2. The van der Waals surface area contributed by atoms with Crippen LogP contribution < -0.4 is 5.32 Å². The number of anilines is 1. The summed E-state index contributed by atoms with van der Waals surface area (Å²) in [4.78, 5) is 15.8. The lowest BCUT2D eigenvalue weighted by Gasteiger charge is -2.19. The van der Waals surface area contributed by atoms with Gasteiger partial charge in [-0.15, -0.1) is 0 Å². The van der Waals surface area contributed by atoms with E-state index in [1.807, 2.05) is 19.9 Å². The van der Waals surface area contributed by atoms with E-state index in [-0.39, 0.29) is 0 Å². The van der Waals surface area contributed by atoms with Crippen molar-refractivity contribution in [1.29, 1.82) is 0 Å². The highest BCUT2D eigenvalue weighted by molar-refractivity contribution is 5.94. The number of hydrogen-bond acceptors (Lipinski definition) is 3. The molecule has 1 heterocycles. The van der Waals surface area contributed by atoms with Crippen molar-refractivity contribution in [3.63, 3.8) is 0 Å². The van der Waals surface area contributed by atoms with Gasteiger partial charge in [0, 0.05) is 11.7 Å². The molecule has 2 rings (SSSR count). The quantitative estimate of drug-likeness (QED) is 0.825. The van der Waals surface area contributed by atoms with E-state index in [2.05, 4.69) is 17.2 Å². The Morgan fingerprint density at radius 1 is 1.30 bits per heavy atom. The fourth-order valence-corrected chi connectivity index (χ4v) is 3.04. The van der Waals surface area contributed by atoms with Crippen LogP contribution in [-0.2, 0) is 0 Å². The van der Waals surface area contributed by atoms with Crippen LogP contribution in [0.15, 0.2) is 6.07 Å². The van der Waals surface area contributed by atoms with Gasteiger partial charge in [-0.05, 0) is 50.7 Å². The van der Waals surface area contributed by atoms with E-state index in [0.717, 1.165) is 30.0 Å². The molecule has 1 aromatic heterocycles. The number of nitrogens with one attached hydrogen (secondary N) is 1. The van der Waals surface area contributed by atoms with Crippen LogP contribution in [0, 0.1) is 19.8 Å². The van der Waals surface area contributed by atoms with Crippen molar-refractivity contribution in [2.75, 3.05) is 5.32 Å². The zero-order valence-corrected chi connectivity index (χ0v) is 12.6. The Morgan fingerprint density at radius 3 is 2.75 bits per heavy atom. The predicted octanol–water partition coefficient (Wildman–Crippen LogP) is 3.78. The van der Waals surface area contributed by atoms with Gasteiger partial charge in [-0.1, -0.05) is 19.8 Å². The smallest absolute Gasteiger partial charge is 0.339 e. The lowest BCUT2D eigenvalue weighted by atomic mass is 10.0. The van der Waals surface area contributed by atoms with Gasteiger partial charge < -0.3 is 10.4 Å². The van der Waals surface area contributed by atoms with E-state index in [4.69, 9.17) is 0 Å². The predicted molar refractivity (Wildman–Crippen MR) is 80.3 cm³/mol.